The Balaban J connectivity index is 1.62. The third-order valence-corrected chi connectivity index (χ3v) is 4.12. The SMILES string of the molecule is Cc1ncsc1CCN1C=C(c2ccccc2)NN1. The zero-order chi connectivity index (χ0) is 13.1. The lowest BCUT2D eigenvalue weighted by Crippen LogP contribution is -2.37. The van der Waals surface area contributed by atoms with Crippen molar-refractivity contribution < 1.29 is 0 Å². The first-order chi connectivity index (χ1) is 9.33. The van der Waals surface area contributed by atoms with Crippen molar-refractivity contribution in [3.8, 4) is 0 Å². The molecule has 0 fully saturated rings. The molecule has 5 heteroatoms. The molecule has 0 unspecified atom stereocenters. The van der Waals surface area contributed by atoms with Gasteiger partial charge in [-0.05, 0) is 6.92 Å². The number of nitrogens with one attached hydrogen (secondary N) is 2. The first kappa shape index (κ1) is 12.2. The van der Waals surface area contributed by atoms with Gasteiger partial charge in [0, 0.05) is 29.6 Å². The van der Waals surface area contributed by atoms with Gasteiger partial charge >= 0.3 is 0 Å². The molecule has 2 heterocycles. The number of hydrogen-bond donors (Lipinski definition) is 2. The molecule has 0 saturated carbocycles. The van der Waals surface area contributed by atoms with E-state index in [1.165, 1.54) is 10.4 Å². The minimum absolute atomic E-state index is 0.923. The Bertz CT molecular complexity index is 576. The van der Waals surface area contributed by atoms with E-state index in [9.17, 15) is 0 Å². The van der Waals surface area contributed by atoms with Crippen LogP contribution < -0.4 is 11.0 Å². The quantitative estimate of drug-likeness (QED) is 0.896. The van der Waals surface area contributed by atoms with Crippen LogP contribution in [0.15, 0.2) is 42.0 Å². The van der Waals surface area contributed by atoms with Crippen LogP contribution in [0.3, 0.4) is 0 Å². The molecule has 0 spiro atoms. The average Bonchev–Trinajstić information content (AvgIpc) is 3.06. The van der Waals surface area contributed by atoms with Crippen LogP contribution in [-0.4, -0.2) is 16.5 Å². The molecule has 1 aromatic heterocycles. The van der Waals surface area contributed by atoms with Gasteiger partial charge in [0.2, 0.25) is 0 Å². The molecule has 1 aliphatic heterocycles. The number of benzene rings is 1. The van der Waals surface area contributed by atoms with Crippen LogP contribution in [0.2, 0.25) is 0 Å². The molecular weight excluding hydrogens is 256 g/mol. The molecular formula is C14H16N4S. The first-order valence-corrected chi connectivity index (χ1v) is 7.15. The van der Waals surface area contributed by atoms with E-state index < -0.39 is 0 Å². The second-order valence-corrected chi connectivity index (χ2v) is 5.39. The topological polar surface area (TPSA) is 40.2 Å². The molecule has 1 aliphatic rings. The van der Waals surface area contributed by atoms with Gasteiger partial charge in [-0.2, -0.15) is 0 Å². The number of thiazole rings is 1. The van der Waals surface area contributed by atoms with E-state index in [1.807, 2.05) is 23.7 Å². The van der Waals surface area contributed by atoms with Gasteiger partial charge < -0.3 is 5.43 Å². The maximum Gasteiger partial charge on any atom is 0.0797 e. The van der Waals surface area contributed by atoms with Gasteiger partial charge in [0.25, 0.3) is 0 Å². The Hall–Kier alpha value is -1.85. The molecule has 98 valence electrons. The molecule has 0 aliphatic carbocycles. The summed E-state index contributed by atoms with van der Waals surface area (Å²) < 4.78 is 0. The van der Waals surface area contributed by atoms with E-state index in [4.69, 9.17) is 0 Å². The number of hydrazine groups is 2. The minimum Gasteiger partial charge on any atom is -0.302 e. The monoisotopic (exact) mass is 272 g/mol. The standard InChI is InChI=1S/C14H16N4S/c1-11-14(19-10-15-11)7-8-18-9-13(16-17-18)12-5-3-2-4-6-12/h2-6,9-10,16-17H,7-8H2,1H3. The smallest absolute Gasteiger partial charge is 0.0797 e. The highest BCUT2D eigenvalue weighted by molar-refractivity contribution is 7.09. The van der Waals surface area contributed by atoms with Crippen molar-refractivity contribution in [2.75, 3.05) is 6.54 Å². The van der Waals surface area contributed by atoms with Crippen molar-refractivity contribution >= 4 is 17.0 Å². The van der Waals surface area contributed by atoms with Crippen LogP contribution in [-0.2, 0) is 6.42 Å². The summed E-state index contributed by atoms with van der Waals surface area (Å²) in [5.74, 6) is 0. The van der Waals surface area contributed by atoms with Crippen molar-refractivity contribution in [1.82, 2.24) is 21.0 Å². The van der Waals surface area contributed by atoms with Crippen LogP contribution in [0.1, 0.15) is 16.1 Å². The van der Waals surface area contributed by atoms with Crippen LogP contribution >= 0.6 is 11.3 Å². The molecule has 2 aromatic rings. The molecule has 2 N–H and O–H groups in total. The van der Waals surface area contributed by atoms with E-state index in [-0.39, 0.29) is 0 Å². The Labute approximate surface area is 116 Å². The summed E-state index contributed by atoms with van der Waals surface area (Å²) in [6, 6.07) is 10.3. The fourth-order valence-corrected chi connectivity index (χ4v) is 2.80. The van der Waals surface area contributed by atoms with E-state index >= 15 is 0 Å². The fourth-order valence-electron chi connectivity index (χ4n) is 2.03. The third-order valence-electron chi connectivity index (χ3n) is 3.13. The highest BCUT2D eigenvalue weighted by Gasteiger charge is 2.12. The van der Waals surface area contributed by atoms with E-state index in [2.05, 4.69) is 46.2 Å². The summed E-state index contributed by atoms with van der Waals surface area (Å²) in [5, 5.41) is 2.07. The number of aryl methyl sites for hydroxylation is 1. The summed E-state index contributed by atoms with van der Waals surface area (Å²) in [7, 11) is 0. The van der Waals surface area contributed by atoms with Gasteiger partial charge in [-0.3, -0.25) is 5.01 Å². The summed E-state index contributed by atoms with van der Waals surface area (Å²) in [6.07, 6.45) is 3.11. The average molecular weight is 272 g/mol. The van der Waals surface area contributed by atoms with Gasteiger partial charge in [0.05, 0.1) is 16.9 Å². The molecule has 4 nitrogen and oxygen atoms in total. The van der Waals surface area contributed by atoms with Crippen molar-refractivity contribution in [2.45, 2.75) is 13.3 Å². The molecule has 0 amide bonds. The van der Waals surface area contributed by atoms with Crippen LogP contribution in [0.5, 0.6) is 0 Å². The molecule has 0 radical (unpaired) electrons. The van der Waals surface area contributed by atoms with Crippen molar-refractivity contribution in [3.05, 3.63) is 58.2 Å². The van der Waals surface area contributed by atoms with E-state index in [0.29, 0.717) is 0 Å². The van der Waals surface area contributed by atoms with E-state index in [1.54, 1.807) is 11.3 Å². The predicted octanol–water partition coefficient (Wildman–Crippen LogP) is 2.32. The lowest BCUT2D eigenvalue weighted by atomic mass is 10.2. The highest BCUT2D eigenvalue weighted by Crippen LogP contribution is 2.16. The second-order valence-electron chi connectivity index (χ2n) is 4.45. The van der Waals surface area contributed by atoms with Gasteiger partial charge in [0.1, 0.15) is 0 Å². The molecule has 0 atom stereocenters. The van der Waals surface area contributed by atoms with Gasteiger partial charge in [-0.15, -0.1) is 16.9 Å². The van der Waals surface area contributed by atoms with Crippen LogP contribution in [0, 0.1) is 6.92 Å². The maximum atomic E-state index is 4.27. The Morgan fingerprint density at radius 1 is 1.26 bits per heavy atom. The molecule has 3 rings (SSSR count). The Kier molecular flexibility index (Phi) is 3.48. The minimum atomic E-state index is 0.923. The lowest BCUT2D eigenvalue weighted by Gasteiger charge is -2.14. The van der Waals surface area contributed by atoms with Crippen LogP contribution in [0.25, 0.3) is 5.70 Å². The molecule has 19 heavy (non-hydrogen) atoms. The predicted molar refractivity (Wildman–Crippen MR) is 78.0 cm³/mol. The number of aromatic nitrogens is 1. The van der Waals surface area contributed by atoms with Gasteiger partial charge in [-0.1, -0.05) is 30.3 Å². The zero-order valence-corrected chi connectivity index (χ0v) is 11.6. The van der Waals surface area contributed by atoms with Crippen molar-refractivity contribution in [1.29, 1.82) is 0 Å². The van der Waals surface area contributed by atoms with E-state index in [0.717, 1.165) is 24.4 Å². The number of rotatable bonds is 4. The van der Waals surface area contributed by atoms with Gasteiger partial charge in [0.15, 0.2) is 0 Å². The highest BCUT2D eigenvalue weighted by atomic mass is 32.1. The molecule has 1 aromatic carbocycles. The zero-order valence-electron chi connectivity index (χ0n) is 10.8. The normalized spacial score (nSPS) is 14.4. The number of hydrogen-bond acceptors (Lipinski definition) is 5. The van der Waals surface area contributed by atoms with Crippen molar-refractivity contribution in [2.24, 2.45) is 0 Å². The van der Waals surface area contributed by atoms with Crippen LogP contribution in [0.4, 0.5) is 0 Å². The fraction of sp³-hybridized carbons (Fsp3) is 0.214. The molecule has 0 bridgehead atoms. The third kappa shape index (κ3) is 2.77. The summed E-state index contributed by atoms with van der Waals surface area (Å²) in [6.45, 7) is 2.99. The summed E-state index contributed by atoms with van der Waals surface area (Å²) in [5.41, 5.74) is 11.7. The largest absolute Gasteiger partial charge is 0.302 e. The number of nitrogens with zero attached hydrogens (tertiary/aromatic N) is 2. The van der Waals surface area contributed by atoms with Gasteiger partial charge in [-0.25, -0.2) is 4.98 Å². The Morgan fingerprint density at radius 3 is 2.84 bits per heavy atom. The lowest BCUT2D eigenvalue weighted by molar-refractivity contribution is 0.276. The second kappa shape index (κ2) is 5.42. The summed E-state index contributed by atoms with van der Waals surface area (Å²) in [4.78, 5) is 5.62. The maximum absolute atomic E-state index is 4.27. The Morgan fingerprint density at radius 2 is 2.11 bits per heavy atom. The molecule has 0 saturated heterocycles. The van der Waals surface area contributed by atoms with Crippen molar-refractivity contribution in [3.63, 3.8) is 0 Å². The summed E-state index contributed by atoms with van der Waals surface area (Å²) >= 11 is 1.72. The first-order valence-electron chi connectivity index (χ1n) is 6.27.